The average molecular weight is 344 g/mol. The van der Waals surface area contributed by atoms with E-state index in [4.69, 9.17) is 8.83 Å². The number of aliphatic hydroxyl groups is 1. The number of benzene rings is 1. The van der Waals surface area contributed by atoms with E-state index in [-0.39, 0.29) is 24.8 Å². The zero-order valence-electron chi connectivity index (χ0n) is 13.3. The Morgan fingerprint density at radius 1 is 1.28 bits per heavy atom. The van der Waals surface area contributed by atoms with E-state index in [2.05, 4.69) is 10.3 Å². The minimum atomic E-state index is -0.582. The summed E-state index contributed by atoms with van der Waals surface area (Å²) >= 11 is 0. The SMILES string of the molecule is O=C(CCc1ncc(-c2ccc(F)cc2)o1)NC(CO)c1ccco1. The lowest BCUT2D eigenvalue weighted by Crippen LogP contribution is -2.30. The van der Waals surface area contributed by atoms with E-state index in [0.717, 1.165) is 0 Å². The summed E-state index contributed by atoms with van der Waals surface area (Å²) in [5, 5.41) is 12.0. The van der Waals surface area contributed by atoms with Crippen LogP contribution >= 0.6 is 0 Å². The number of furan rings is 1. The molecule has 130 valence electrons. The maximum Gasteiger partial charge on any atom is 0.221 e. The monoisotopic (exact) mass is 344 g/mol. The maximum atomic E-state index is 12.9. The highest BCUT2D eigenvalue weighted by molar-refractivity contribution is 5.76. The molecule has 3 aromatic rings. The van der Waals surface area contributed by atoms with Crippen LogP contribution in [0.3, 0.4) is 0 Å². The highest BCUT2D eigenvalue weighted by atomic mass is 19.1. The fraction of sp³-hybridized carbons (Fsp3) is 0.222. The van der Waals surface area contributed by atoms with Crippen LogP contribution in [0.4, 0.5) is 4.39 Å². The lowest BCUT2D eigenvalue weighted by molar-refractivity contribution is -0.122. The van der Waals surface area contributed by atoms with Gasteiger partial charge in [-0.1, -0.05) is 0 Å². The first-order valence-electron chi connectivity index (χ1n) is 7.80. The summed E-state index contributed by atoms with van der Waals surface area (Å²) in [6, 6.07) is 8.67. The Hall–Kier alpha value is -2.93. The van der Waals surface area contributed by atoms with Gasteiger partial charge in [-0.05, 0) is 36.4 Å². The Bertz CT molecular complexity index is 812. The van der Waals surface area contributed by atoms with Crippen LogP contribution < -0.4 is 5.32 Å². The molecule has 1 atom stereocenters. The molecule has 0 spiro atoms. The van der Waals surface area contributed by atoms with Gasteiger partial charge in [0.15, 0.2) is 11.7 Å². The molecule has 2 aromatic heterocycles. The molecule has 2 heterocycles. The number of hydrogen-bond acceptors (Lipinski definition) is 5. The second-order valence-electron chi connectivity index (χ2n) is 5.44. The van der Waals surface area contributed by atoms with Gasteiger partial charge in [-0.3, -0.25) is 4.79 Å². The number of carbonyl (C=O) groups is 1. The molecule has 0 radical (unpaired) electrons. The molecule has 6 nitrogen and oxygen atoms in total. The van der Waals surface area contributed by atoms with Crippen molar-refractivity contribution in [2.75, 3.05) is 6.61 Å². The third kappa shape index (κ3) is 4.33. The quantitative estimate of drug-likeness (QED) is 0.688. The molecule has 0 aliphatic carbocycles. The molecule has 1 unspecified atom stereocenters. The predicted molar refractivity (Wildman–Crippen MR) is 86.9 cm³/mol. The van der Waals surface area contributed by atoms with Crippen molar-refractivity contribution in [3.05, 3.63) is 66.3 Å². The summed E-state index contributed by atoms with van der Waals surface area (Å²) < 4.78 is 23.7. The number of amides is 1. The van der Waals surface area contributed by atoms with Gasteiger partial charge < -0.3 is 19.3 Å². The molecule has 0 fully saturated rings. The largest absolute Gasteiger partial charge is 0.467 e. The van der Waals surface area contributed by atoms with E-state index < -0.39 is 6.04 Å². The summed E-state index contributed by atoms with van der Waals surface area (Å²) in [4.78, 5) is 16.1. The molecule has 0 saturated heterocycles. The van der Waals surface area contributed by atoms with Crippen molar-refractivity contribution < 1.29 is 23.1 Å². The van der Waals surface area contributed by atoms with Gasteiger partial charge in [-0.15, -0.1) is 0 Å². The van der Waals surface area contributed by atoms with Crippen LogP contribution in [0.5, 0.6) is 0 Å². The lowest BCUT2D eigenvalue weighted by atomic mass is 10.2. The number of nitrogens with one attached hydrogen (secondary N) is 1. The molecule has 7 heteroatoms. The molecule has 2 N–H and O–H groups in total. The van der Waals surface area contributed by atoms with Gasteiger partial charge in [-0.2, -0.15) is 0 Å². The van der Waals surface area contributed by atoms with E-state index in [1.807, 2.05) is 0 Å². The summed E-state index contributed by atoms with van der Waals surface area (Å²) in [7, 11) is 0. The lowest BCUT2D eigenvalue weighted by Gasteiger charge is -2.13. The average Bonchev–Trinajstić information content (AvgIpc) is 3.30. The minimum absolute atomic E-state index is 0.153. The summed E-state index contributed by atoms with van der Waals surface area (Å²) in [5.41, 5.74) is 0.711. The number of halogens is 1. The van der Waals surface area contributed by atoms with Crippen molar-refractivity contribution >= 4 is 5.91 Å². The second-order valence-corrected chi connectivity index (χ2v) is 5.44. The Balaban J connectivity index is 1.55. The fourth-order valence-electron chi connectivity index (χ4n) is 2.36. The van der Waals surface area contributed by atoms with Gasteiger partial charge in [0.05, 0.1) is 19.1 Å². The van der Waals surface area contributed by atoms with Crippen molar-refractivity contribution in [3.8, 4) is 11.3 Å². The van der Waals surface area contributed by atoms with Crippen LogP contribution in [0.25, 0.3) is 11.3 Å². The van der Waals surface area contributed by atoms with E-state index in [1.165, 1.54) is 18.4 Å². The van der Waals surface area contributed by atoms with Crippen LogP contribution in [0.15, 0.2) is 57.7 Å². The van der Waals surface area contributed by atoms with E-state index in [9.17, 15) is 14.3 Å². The Kier molecular flexibility index (Phi) is 5.25. The first-order valence-corrected chi connectivity index (χ1v) is 7.80. The van der Waals surface area contributed by atoms with Crippen molar-refractivity contribution in [1.29, 1.82) is 0 Å². The molecule has 25 heavy (non-hydrogen) atoms. The maximum absolute atomic E-state index is 12.9. The normalized spacial score (nSPS) is 12.1. The van der Waals surface area contributed by atoms with Gasteiger partial charge in [0.1, 0.15) is 17.6 Å². The molecule has 0 aliphatic heterocycles. The van der Waals surface area contributed by atoms with E-state index in [0.29, 0.717) is 29.4 Å². The Morgan fingerprint density at radius 2 is 2.08 bits per heavy atom. The number of aryl methyl sites for hydroxylation is 1. The fourth-order valence-corrected chi connectivity index (χ4v) is 2.36. The number of rotatable bonds is 7. The predicted octanol–water partition coefficient (Wildman–Crippen LogP) is 2.86. The van der Waals surface area contributed by atoms with Crippen LogP contribution in [-0.2, 0) is 11.2 Å². The standard InChI is InChI=1S/C18H17FN2O4/c19-13-5-3-12(4-6-13)16-10-20-18(25-16)8-7-17(23)21-14(11-22)15-2-1-9-24-15/h1-6,9-10,14,22H,7-8,11H2,(H,21,23). The number of hydrogen-bond donors (Lipinski definition) is 2. The van der Waals surface area contributed by atoms with Gasteiger partial charge in [0.25, 0.3) is 0 Å². The van der Waals surface area contributed by atoms with Gasteiger partial charge in [-0.25, -0.2) is 9.37 Å². The highest BCUT2D eigenvalue weighted by Crippen LogP contribution is 2.21. The number of nitrogens with zero attached hydrogens (tertiary/aromatic N) is 1. The third-order valence-electron chi connectivity index (χ3n) is 3.65. The molecule has 3 rings (SSSR count). The molecular formula is C18H17FN2O4. The molecule has 0 bridgehead atoms. The van der Waals surface area contributed by atoms with Crippen LogP contribution in [0.2, 0.25) is 0 Å². The zero-order chi connectivity index (χ0) is 17.6. The number of aromatic nitrogens is 1. The summed E-state index contributed by atoms with van der Waals surface area (Å²) in [5.74, 6) is 0.838. The van der Waals surface area contributed by atoms with Gasteiger partial charge in [0.2, 0.25) is 5.91 Å². The topological polar surface area (TPSA) is 88.5 Å². The zero-order valence-corrected chi connectivity index (χ0v) is 13.3. The minimum Gasteiger partial charge on any atom is -0.467 e. The number of aliphatic hydroxyl groups excluding tert-OH is 1. The van der Waals surface area contributed by atoms with Crippen molar-refractivity contribution in [1.82, 2.24) is 10.3 Å². The summed E-state index contributed by atoms with van der Waals surface area (Å²) in [6.07, 6.45) is 3.48. The van der Waals surface area contributed by atoms with Gasteiger partial charge >= 0.3 is 0 Å². The smallest absolute Gasteiger partial charge is 0.221 e. The molecule has 1 aromatic carbocycles. The van der Waals surface area contributed by atoms with Crippen LogP contribution in [0, 0.1) is 5.82 Å². The second kappa shape index (κ2) is 7.76. The van der Waals surface area contributed by atoms with E-state index in [1.54, 1.807) is 30.5 Å². The number of carbonyl (C=O) groups excluding carboxylic acids is 1. The molecule has 0 aliphatic rings. The molecule has 1 amide bonds. The van der Waals surface area contributed by atoms with Gasteiger partial charge in [0, 0.05) is 18.4 Å². The van der Waals surface area contributed by atoms with Crippen molar-refractivity contribution in [3.63, 3.8) is 0 Å². The van der Waals surface area contributed by atoms with Crippen molar-refractivity contribution in [2.45, 2.75) is 18.9 Å². The molecular weight excluding hydrogens is 327 g/mol. The van der Waals surface area contributed by atoms with Crippen LogP contribution in [0.1, 0.15) is 24.1 Å². The highest BCUT2D eigenvalue weighted by Gasteiger charge is 2.16. The first kappa shape index (κ1) is 16.9. The van der Waals surface area contributed by atoms with E-state index >= 15 is 0 Å². The summed E-state index contributed by atoms with van der Waals surface area (Å²) in [6.45, 7) is -0.257. The Labute approximate surface area is 143 Å². The molecule has 0 saturated carbocycles. The van der Waals surface area contributed by atoms with Crippen LogP contribution in [-0.4, -0.2) is 22.6 Å². The number of oxazole rings is 1. The van der Waals surface area contributed by atoms with Crippen molar-refractivity contribution in [2.24, 2.45) is 0 Å². The Morgan fingerprint density at radius 3 is 2.76 bits per heavy atom. The first-order chi connectivity index (χ1) is 12.2. The third-order valence-corrected chi connectivity index (χ3v) is 3.65.